The van der Waals surface area contributed by atoms with Gasteiger partial charge >= 0.3 is 0 Å². The van der Waals surface area contributed by atoms with Gasteiger partial charge in [0.1, 0.15) is 5.75 Å². The molecule has 0 bridgehead atoms. The average Bonchev–Trinajstić information content (AvgIpc) is 3.30. The number of aliphatic hydroxyl groups is 2. The van der Waals surface area contributed by atoms with Crippen molar-refractivity contribution in [2.24, 2.45) is 0 Å². The highest BCUT2D eigenvalue weighted by Gasteiger charge is 2.31. The number of anilines is 1. The summed E-state index contributed by atoms with van der Waals surface area (Å²) in [6, 6.07) is 12.3. The summed E-state index contributed by atoms with van der Waals surface area (Å²) in [4.78, 5) is 12.5. The summed E-state index contributed by atoms with van der Waals surface area (Å²) in [6.07, 6.45) is 0.558. The molecule has 2 aromatic carbocycles. The molecule has 154 valence electrons. The highest BCUT2D eigenvalue weighted by Crippen LogP contribution is 2.42. The van der Waals surface area contributed by atoms with Gasteiger partial charge in [-0.2, -0.15) is 0 Å². The molecule has 0 saturated carbocycles. The number of aliphatic hydroxyl groups excluding tert-OH is 2. The van der Waals surface area contributed by atoms with Gasteiger partial charge < -0.3 is 24.8 Å². The van der Waals surface area contributed by atoms with Crippen LogP contribution in [0.15, 0.2) is 47.0 Å². The molecule has 0 aliphatic carbocycles. The maximum atomic E-state index is 12.5. The Labute approximate surface area is 177 Å². The number of aryl methyl sites for hydroxylation is 1. The molecule has 0 unspecified atom stereocenters. The van der Waals surface area contributed by atoms with Crippen molar-refractivity contribution in [3.63, 3.8) is 0 Å². The number of aromatic nitrogens is 1. The number of carbonyl (C=O) groups excluding carboxylic acids is 1. The maximum Gasteiger partial charge on any atom is 0.260 e. The Bertz CT molecular complexity index is 1130. The van der Waals surface area contributed by atoms with Crippen LogP contribution in [0, 0.1) is 6.92 Å². The van der Waals surface area contributed by atoms with Crippen molar-refractivity contribution in [3.05, 3.63) is 64.5 Å². The number of amides is 1. The molecular formula is C22H19ClN2O5. The van der Waals surface area contributed by atoms with Crippen LogP contribution in [-0.2, 0) is 4.79 Å². The van der Waals surface area contributed by atoms with Crippen molar-refractivity contribution in [3.8, 4) is 16.9 Å². The summed E-state index contributed by atoms with van der Waals surface area (Å²) in [5.41, 5.74) is 3.25. The largest absolute Gasteiger partial charge is 0.504 e. The third kappa shape index (κ3) is 3.77. The lowest BCUT2D eigenvalue weighted by molar-refractivity contribution is -0.110. The molecule has 0 fully saturated rings. The van der Waals surface area contributed by atoms with Gasteiger partial charge in [0, 0.05) is 30.2 Å². The number of ether oxygens (including phenoxy) is 1. The molecule has 1 aliphatic rings. The summed E-state index contributed by atoms with van der Waals surface area (Å²) in [6.45, 7) is 2.23. The van der Waals surface area contributed by atoms with E-state index in [0.29, 0.717) is 46.3 Å². The van der Waals surface area contributed by atoms with E-state index in [9.17, 15) is 9.90 Å². The highest BCUT2D eigenvalue weighted by atomic mass is 35.5. The second-order valence-electron chi connectivity index (χ2n) is 6.84. The molecule has 2 heterocycles. The molecule has 3 N–H and O–H groups in total. The van der Waals surface area contributed by atoms with E-state index >= 15 is 0 Å². The fourth-order valence-electron chi connectivity index (χ4n) is 3.23. The smallest absolute Gasteiger partial charge is 0.260 e. The number of carbonyl (C=O) groups is 1. The van der Waals surface area contributed by atoms with Crippen molar-refractivity contribution in [2.75, 3.05) is 18.5 Å². The quantitative estimate of drug-likeness (QED) is 0.305. The summed E-state index contributed by atoms with van der Waals surface area (Å²) in [7, 11) is 0. The Morgan fingerprint density at radius 3 is 2.63 bits per heavy atom. The van der Waals surface area contributed by atoms with E-state index in [1.54, 1.807) is 25.1 Å². The third-order valence-corrected chi connectivity index (χ3v) is 5.00. The lowest BCUT2D eigenvalue weighted by atomic mass is 9.98. The molecule has 3 aromatic rings. The predicted molar refractivity (Wildman–Crippen MR) is 113 cm³/mol. The van der Waals surface area contributed by atoms with Gasteiger partial charge in [0.2, 0.25) is 5.76 Å². The zero-order valence-electron chi connectivity index (χ0n) is 16.1. The second kappa shape index (κ2) is 8.22. The molecule has 0 spiro atoms. The Morgan fingerprint density at radius 1 is 1.20 bits per heavy atom. The van der Waals surface area contributed by atoms with Crippen LogP contribution in [0.5, 0.6) is 5.75 Å². The fraction of sp³-hybridized carbons (Fsp3) is 0.182. The summed E-state index contributed by atoms with van der Waals surface area (Å²) in [5.74, 6) is 0.0665. The van der Waals surface area contributed by atoms with Crippen molar-refractivity contribution in [1.29, 1.82) is 0 Å². The topological polar surface area (TPSA) is 105 Å². The second-order valence-corrected chi connectivity index (χ2v) is 7.25. The minimum absolute atomic E-state index is 0.0753. The van der Waals surface area contributed by atoms with E-state index in [2.05, 4.69) is 10.5 Å². The van der Waals surface area contributed by atoms with Crippen LogP contribution in [0.4, 0.5) is 5.69 Å². The molecule has 0 radical (unpaired) electrons. The molecule has 7 nitrogen and oxygen atoms in total. The SMILES string of the molecule is Cc1cc(/C(O)=C2\C(=O)Nc3cc(Cl)c(-c4ccc(OCCCO)cc4)cc32)on1. The van der Waals surface area contributed by atoms with E-state index in [0.717, 1.165) is 5.56 Å². The number of halogens is 1. The fourth-order valence-corrected chi connectivity index (χ4v) is 3.50. The molecule has 1 amide bonds. The maximum absolute atomic E-state index is 12.5. The van der Waals surface area contributed by atoms with Crippen LogP contribution < -0.4 is 10.1 Å². The monoisotopic (exact) mass is 426 g/mol. The van der Waals surface area contributed by atoms with Crippen LogP contribution in [0.25, 0.3) is 22.5 Å². The number of nitrogens with one attached hydrogen (secondary N) is 1. The van der Waals surface area contributed by atoms with Gasteiger partial charge in [-0.05, 0) is 36.8 Å². The number of fused-ring (bicyclic) bond motifs is 1. The van der Waals surface area contributed by atoms with Gasteiger partial charge in [-0.1, -0.05) is 28.9 Å². The van der Waals surface area contributed by atoms with E-state index < -0.39 is 5.91 Å². The minimum Gasteiger partial charge on any atom is -0.504 e. The number of hydrogen-bond acceptors (Lipinski definition) is 6. The molecule has 0 saturated heterocycles. The van der Waals surface area contributed by atoms with Crippen molar-refractivity contribution in [2.45, 2.75) is 13.3 Å². The van der Waals surface area contributed by atoms with Crippen molar-refractivity contribution >= 4 is 34.5 Å². The first-order valence-corrected chi connectivity index (χ1v) is 9.72. The molecule has 1 aromatic heterocycles. The molecule has 4 rings (SSSR count). The zero-order valence-corrected chi connectivity index (χ0v) is 16.9. The normalized spacial score (nSPS) is 14.4. The van der Waals surface area contributed by atoms with Crippen molar-refractivity contribution in [1.82, 2.24) is 5.16 Å². The Morgan fingerprint density at radius 2 is 1.97 bits per heavy atom. The van der Waals surface area contributed by atoms with Crippen molar-refractivity contribution < 1.29 is 24.3 Å². The third-order valence-electron chi connectivity index (χ3n) is 4.69. The number of hydrogen-bond donors (Lipinski definition) is 3. The number of benzene rings is 2. The van der Waals surface area contributed by atoms with Gasteiger partial charge in [-0.3, -0.25) is 4.79 Å². The number of rotatable bonds is 6. The highest BCUT2D eigenvalue weighted by molar-refractivity contribution is 6.38. The van der Waals surface area contributed by atoms with Crippen LogP contribution in [0.2, 0.25) is 5.02 Å². The molecule has 30 heavy (non-hydrogen) atoms. The van der Waals surface area contributed by atoms with Gasteiger partial charge in [-0.25, -0.2) is 0 Å². The average molecular weight is 427 g/mol. The summed E-state index contributed by atoms with van der Waals surface area (Å²) >= 11 is 6.46. The van der Waals surface area contributed by atoms with E-state index in [-0.39, 0.29) is 23.7 Å². The molecular weight excluding hydrogens is 408 g/mol. The van der Waals surface area contributed by atoms with Gasteiger partial charge in [0.05, 0.1) is 28.6 Å². The van der Waals surface area contributed by atoms with E-state index in [4.69, 9.17) is 26.0 Å². The van der Waals surface area contributed by atoms with Crippen LogP contribution in [0.1, 0.15) is 23.4 Å². The van der Waals surface area contributed by atoms with Crippen LogP contribution in [-0.4, -0.2) is 34.5 Å². The lowest BCUT2D eigenvalue weighted by Crippen LogP contribution is -2.05. The minimum atomic E-state index is -0.447. The summed E-state index contributed by atoms with van der Waals surface area (Å²) in [5, 5.41) is 26.4. The van der Waals surface area contributed by atoms with E-state index in [1.807, 2.05) is 24.3 Å². The van der Waals surface area contributed by atoms with Gasteiger partial charge in [-0.15, -0.1) is 0 Å². The summed E-state index contributed by atoms with van der Waals surface area (Å²) < 4.78 is 10.7. The van der Waals surface area contributed by atoms with Gasteiger partial charge in [0.15, 0.2) is 5.76 Å². The van der Waals surface area contributed by atoms with Gasteiger partial charge in [0.25, 0.3) is 5.91 Å². The molecule has 1 aliphatic heterocycles. The Balaban J connectivity index is 1.72. The van der Waals surface area contributed by atoms with Crippen LogP contribution >= 0.6 is 11.6 Å². The number of nitrogens with zero attached hydrogens (tertiary/aromatic N) is 1. The first-order valence-electron chi connectivity index (χ1n) is 9.34. The zero-order chi connectivity index (χ0) is 21.3. The molecule has 8 heteroatoms. The first kappa shape index (κ1) is 20.0. The molecule has 0 atom stereocenters. The Hall–Kier alpha value is -3.29. The standard InChI is InChI=1S/C22H19ClN2O5/c1-12-9-19(30-25-12)21(27)20-16-10-15(17(23)11-18(16)24-22(20)28)13-3-5-14(6-4-13)29-8-2-7-26/h3-6,9-11,26-27H,2,7-8H2,1H3,(H,24,28)/b21-20+. The lowest BCUT2D eigenvalue weighted by Gasteiger charge is -2.10. The Kier molecular flexibility index (Phi) is 5.48. The predicted octanol–water partition coefficient (Wildman–Crippen LogP) is 4.44. The first-order chi connectivity index (χ1) is 14.5. The van der Waals surface area contributed by atoms with Crippen LogP contribution in [0.3, 0.4) is 0 Å². The van der Waals surface area contributed by atoms with E-state index in [1.165, 1.54) is 0 Å².